The van der Waals surface area contributed by atoms with Crippen LogP contribution in [-0.2, 0) is 0 Å². The van der Waals surface area contributed by atoms with E-state index in [9.17, 15) is 5.11 Å². The molecule has 0 amide bonds. The summed E-state index contributed by atoms with van der Waals surface area (Å²) in [5, 5.41) is 15.1. The number of hydrazone groups is 1. The third-order valence-corrected chi connectivity index (χ3v) is 1.26. The van der Waals surface area contributed by atoms with Crippen LogP contribution in [0.1, 0.15) is 13.3 Å². The second-order valence-corrected chi connectivity index (χ2v) is 2.47. The lowest BCUT2D eigenvalue weighted by Crippen LogP contribution is -2.20. The molecule has 0 aliphatic rings. The van der Waals surface area contributed by atoms with Crippen LogP contribution < -0.4 is 0 Å². The number of aliphatic hydroxyl groups excluding tert-OH is 1. The van der Waals surface area contributed by atoms with E-state index in [0.29, 0.717) is 0 Å². The first-order chi connectivity index (χ1) is 5.11. The fourth-order valence-corrected chi connectivity index (χ4v) is 0.732. The minimum atomic E-state index is -0.609. The van der Waals surface area contributed by atoms with Crippen LogP contribution in [0.25, 0.3) is 0 Å². The fourth-order valence-electron chi connectivity index (χ4n) is 0.732. The molecule has 11 heavy (non-hydrogen) atoms. The van der Waals surface area contributed by atoms with Gasteiger partial charge in [0, 0.05) is 14.1 Å². The van der Waals surface area contributed by atoms with Gasteiger partial charge in [0.05, 0.1) is 5.71 Å². The van der Waals surface area contributed by atoms with E-state index in [4.69, 9.17) is 0 Å². The van der Waals surface area contributed by atoms with E-state index >= 15 is 0 Å². The Morgan fingerprint density at radius 1 is 1.73 bits per heavy atom. The van der Waals surface area contributed by atoms with Gasteiger partial charge in [-0.2, -0.15) is 5.10 Å². The highest BCUT2D eigenvalue weighted by Crippen LogP contribution is 1.96. The second kappa shape index (κ2) is 4.91. The molecule has 0 aliphatic heterocycles. The van der Waals surface area contributed by atoms with Crippen molar-refractivity contribution < 1.29 is 5.11 Å². The first-order valence-corrected chi connectivity index (χ1v) is 3.67. The summed E-state index contributed by atoms with van der Waals surface area (Å²) in [4.78, 5) is 0. The van der Waals surface area contributed by atoms with Crippen LogP contribution in [0.3, 0.4) is 0 Å². The van der Waals surface area contributed by atoms with Crippen molar-refractivity contribution in [3.05, 3.63) is 12.7 Å². The van der Waals surface area contributed by atoms with E-state index in [-0.39, 0.29) is 0 Å². The first kappa shape index (κ1) is 10.2. The predicted molar refractivity (Wildman–Crippen MR) is 47.6 cm³/mol. The van der Waals surface area contributed by atoms with Gasteiger partial charge in [-0.05, 0) is 6.42 Å². The van der Waals surface area contributed by atoms with E-state index in [1.807, 2.05) is 21.0 Å². The van der Waals surface area contributed by atoms with Gasteiger partial charge in [0.1, 0.15) is 6.10 Å². The smallest absolute Gasteiger partial charge is 0.112 e. The van der Waals surface area contributed by atoms with Crippen molar-refractivity contribution in [2.45, 2.75) is 19.4 Å². The number of rotatable bonds is 4. The Kier molecular flexibility index (Phi) is 4.54. The van der Waals surface area contributed by atoms with Crippen LogP contribution >= 0.6 is 0 Å². The normalized spacial score (nSPS) is 14.4. The highest BCUT2D eigenvalue weighted by molar-refractivity contribution is 5.89. The van der Waals surface area contributed by atoms with Gasteiger partial charge in [0.2, 0.25) is 0 Å². The Hall–Kier alpha value is -0.830. The minimum absolute atomic E-state index is 0.609. The maximum absolute atomic E-state index is 9.29. The molecule has 0 spiro atoms. The maximum atomic E-state index is 9.29. The third kappa shape index (κ3) is 3.78. The molecule has 1 unspecified atom stereocenters. The topological polar surface area (TPSA) is 35.8 Å². The fraction of sp³-hybridized carbons (Fsp3) is 0.625. The number of aliphatic hydroxyl groups is 1. The monoisotopic (exact) mass is 156 g/mol. The van der Waals surface area contributed by atoms with Gasteiger partial charge in [0.25, 0.3) is 0 Å². The van der Waals surface area contributed by atoms with Crippen molar-refractivity contribution in [2.24, 2.45) is 5.10 Å². The molecule has 0 radical (unpaired) electrons. The van der Waals surface area contributed by atoms with E-state index in [1.165, 1.54) is 6.08 Å². The minimum Gasteiger partial charge on any atom is -0.383 e. The molecule has 0 rings (SSSR count). The second-order valence-electron chi connectivity index (χ2n) is 2.47. The summed E-state index contributed by atoms with van der Waals surface area (Å²) < 4.78 is 0. The van der Waals surface area contributed by atoms with Crippen molar-refractivity contribution in [1.82, 2.24) is 5.01 Å². The van der Waals surface area contributed by atoms with Crippen LogP contribution in [0, 0.1) is 0 Å². The molecule has 1 N–H and O–H groups in total. The van der Waals surface area contributed by atoms with E-state index in [2.05, 4.69) is 11.7 Å². The zero-order valence-corrected chi connectivity index (χ0v) is 7.41. The predicted octanol–water partition coefficient (Wildman–Crippen LogP) is 0.861. The summed E-state index contributed by atoms with van der Waals surface area (Å²) in [5.41, 5.74) is 0.741. The molecule has 0 saturated heterocycles. The van der Waals surface area contributed by atoms with Crippen LogP contribution in [0.2, 0.25) is 0 Å². The lowest BCUT2D eigenvalue weighted by atomic mass is 10.2. The van der Waals surface area contributed by atoms with Gasteiger partial charge in [-0.25, -0.2) is 0 Å². The van der Waals surface area contributed by atoms with Crippen LogP contribution in [0.15, 0.2) is 17.8 Å². The Balaban J connectivity index is 4.25. The van der Waals surface area contributed by atoms with Gasteiger partial charge >= 0.3 is 0 Å². The van der Waals surface area contributed by atoms with Gasteiger partial charge in [-0.15, -0.1) is 6.58 Å². The quantitative estimate of drug-likeness (QED) is 0.372. The number of hydrogen-bond acceptors (Lipinski definition) is 3. The van der Waals surface area contributed by atoms with Crippen molar-refractivity contribution >= 4 is 5.71 Å². The summed E-state index contributed by atoms with van der Waals surface area (Å²) in [7, 11) is 3.65. The van der Waals surface area contributed by atoms with Crippen LogP contribution in [0.5, 0.6) is 0 Å². The molecule has 0 aliphatic carbocycles. The van der Waals surface area contributed by atoms with Gasteiger partial charge in [-0.1, -0.05) is 13.0 Å². The highest BCUT2D eigenvalue weighted by Gasteiger charge is 2.05. The standard InChI is InChI=1S/C8H16N2O/c1-5-7(8(11)6-2)9-10(3)4/h6,8,11H,2,5H2,1,3-4H3. The molecule has 0 aromatic heterocycles. The summed E-state index contributed by atoms with van der Waals surface area (Å²) >= 11 is 0. The van der Waals surface area contributed by atoms with Gasteiger partial charge in [-0.3, -0.25) is 0 Å². The molecule has 0 aromatic carbocycles. The molecule has 3 nitrogen and oxygen atoms in total. The lowest BCUT2D eigenvalue weighted by molar-refractivity contribution is 0.282. The summed E-state index contributed by atoms with van der Waals surface area (Å²) in [6.07, 6.45) is 1.61. The maximum Gasteiger partial charge on any atom is 0.112 e. The molecular weight excluding hydrogens is 140 g/mol. The summed E-state index contributed by atoms with van der Waals surface area (Å²) in [6, 6.07) is 0. The van der Waals surface area contributed by atoms with Crippen molar-refractivity contribution in [3.8, 4) is 0 Å². The third-order valence-electron chi connectivity index (χ3n) is 1.26. The van der Waals surface area contributed by atoms with Crippen molar-refractivity contribution in [3.63, 3.8) is 0 Å². The Bertz CT molecular complexity index is 152. The average molecular weight is 156 g/mol. The largest absolute Gasteiger partial charge is 0.383 e. The average Bonchev–Trinajstić information content (AvgIpc) is 1.98. The molecule has 0 bridgehead atoms. The summed E-state index contributed by atoms with van der Waals surface area (Å²) in [5.74, 6) is 0. The SMILES string of the molecule is C=CC(O)C(CC)=NN(C)C. The molecule has 3 heteroatoms. The zero-order valence-electron chi connectivity index (χ0n) is 7.41. The molecule has 0 fully saturated rings. The molecule has 0 heterocycles. The van der Waals surface area contributed by atoms with Crippen LogP contribution in [-0.4, -0.2) is 36.0 Å². The van der Waals surface area contributed by atoms with Crippen molar-refractivity contribution in [2.75, 3.05) is 14.1 Å². The molecule has 0 saturated carbocycles. The molecule has 0 aromatic rings. The van der Waals surface area contributed by atoms with Crippen LogP contribution in [0.4, 0.5) is 0 Å². The zero-order chi connectivity index (χ0) is 8.85. The van der Waals surface area contributed by atoms with Gasteiger partial charge in [0.15, 0.2) is 0 Å². The Morgan fingerprint density at radius 3 is 2.55 bits per heavy atom. The number of hydrogen-bond donors (Lipinski definition) is 1. The summed E-state index contributed by atoms with van der Waals surface area (Å²) in [6.45, 7) is 5.44. The first-order valence-electron chi connectivity index (χ1n) is 3.67. The van der Waals surface area contributed by atoms with E-state index in [1.54, 1.807) is 5.01 Å². The van der Waals surface area contributed by atoms with E-state index in [0.717, 1.165) is 12.1 Å². The van der Waals surface area contributed by atoms with E-state index < -0.39 is 6.10 Å². The highest BCUT2D eigenvalue weighted by atomic mass is 16.3. The molecular formula is C8H16N2O. The Morgan fingerprint density at radius 2 is 2.27 bits per heavy atom. The Labute approximate surface area is 68.0 Å². The lowest BCUT2D eigenvalue weighted by Gasteiger charge is -2.11. The van der Waals surface area contributed by atoms with Gasteiger partial charge < -0.3 is 10.1 Å². The molecule has 1 atom stereocenters. The van der Waals surface area contributed by atoms with Crippen molar-refractivity contribution in [1.29, 1.82) is 0 Å². The molecule has 64 valence electrons. The number of nitrogens with zero attached hydrogens (tertiary/aromatic N) is 2.